The number of nitrogens with zero attached hydrogens (tertiary/aromatic N) is 2. The van der Waals surface area contributed by atoms with Crippen LogP contribution in [-0.2, 0) is 11.0 Å². The SMILES string of the molecule is CC(C)(C)c1nn(-c2ccccc2)cc1C(=O)NC[C@@](C)(O)c1ccc(F)cc1F. The number of rotatable bonds is 5. The summed E-state index contributed by atoms with van der Waals surface area (Å²) in [6.45, 7) is 6.96. The number of halogens is 2. The fraction of sp³-hybridized carbons (Fsp3) is 0.304. The first kappa shape index (κ1) is 21.6. The minimum atomic E-state index is -1.72. The lowest BCUT2D eigenvalue weighted by molar-refractivity contribution is 0.0494. The van der Waals surface area contributed by atoms with E-state index in [-0.39, 0.29) is 12.1 Å². The number of hydrogen-bond donors (Lipinski definition) is 2. The standard InChI is InChI=1S/C23H25F2N3O2/c1-22(2,3)20-17(13-28(27-20)16-8-6-5-7-9-16)21(29)26-14-23(4,30)18-11-10-15(24)12-19(18)25/h5-13,30H,14H2,1-4H3,(H,26,29)/t23-/m1/s1. The maximum atomic E-state index is 14.1. The van der Waals surface area contributed by atoms with Crippen LogP contribution in [0, 0.1) is 11.6 Å². The molecule has 3 aromatic rings. The number of nitrogens with one attached hydrogen (secondary N) is 1. The van der Waals surface area contributed by atoms with Crippen molar-refractivity contribution in [1.82, 2.24) is 15.1 Å². The number of carbonyl (C=O) groups is 1. The van der Waals surface area contributed by atoms with Crippen LogP contribution in [0.2, 0.25) is 0 Å². The molecule has 0 aliphatic rings. The van der Waals surface area contributed by atoms with Gasteiger partial charge in [0, 0.05) is 23.2 Å². The van der Waals surface area contributed by atoms with Crippen LogP contribution in [0.4, 0.5) is 8.78 Å². The van der Waals surface area contributed by atoms with E-state index in [0.717, 1.165) is 11.8 Å². The van der Waals surface area contributed by atoms with Gasteiger partial charge in [-0.25, -0.2) is 13.5 Å². The van der Waals surface area contributed by atoms with Crippen LogP contribution in [-0.4, -0.2) is 27.3 Å². The molecule has 1 aromatic heterocycles. The molecule has 1 atom stereocenters. The maximum Gasteiger partial charge on any atom is 0.254 e. The van der Waals surface area contributed by atoms with Crippen molar-refractivity contribution in [3.8, 4) is 5.69 Å². The van der Waals surface area contributed by atoms with Crippen molar-refractivity contribution >= 4 is 5.91 Å². The third kappa shape index (κ3) is 4.57. The second-order valence-electron chi connectivity index (χ2n) is 8.50. The Bertz CT molecular complexity index is 1050. The molecule has 1 heterocycles. The molecule has 2 N–H and O–H groups in total. The van der Waals surface area contributed by atoms with Gasteiger partial charge in [0.15, 0.2) is 0 Å². The molecule has 0 unspecified atom stereocenters. The largest absolute Gasteiger partial charge is 0.383 e. The van der Waals surface area contributed by atoms with Gasteiger partial charge in [0.2, 0.25) is 0 Å². The van der Waals surface area contributed by atoms with Crippen LogP contribution < -0.4 is 5.32 Å². The molecule has 0 aliphatic heterocycles. The first-order chi connectivity index (χ1) is 14.0. The molecule has 0 fully saturated rings. The zero-order valence-electron chi connectivity index (χ0n) is 17.4. The molecule has 0 aliphatic carbocycles. The second kappa shape index (κ2) is 7.99. The number of carbonyl (C=O) groups excluding carboxylic acids is 1. The molecule has 1 amide bonds. The Kier molecular flexibility index (Phi) is 5.76. The van der Waals surface area contributed by atoms with Crippen molar-refractivity contribution in [1.29, 1.82) is 0 Å². The molecule has 158 valence electrons. The highest BCUT2D eigenvalue weighted by molar-refractivity contribution is 5.95. The Labute approximate surface area is 174 Å². The lowest BCUT2D eigenvalue weighted by Gasteiger charge is -2.25. The van der Waals surface area contributed by atoms with E-state index in [9.17, 15) is 18.7 Å². The molecule has 7 heteroatoms. The average molecular weight is 413 g/mol. The highest BCUT2D eigenvalue weighted by atomic mass is 19.1. The molecule has 2 aromatic carbocycles. The van der Waals surface area contributed by atoms with Crippen molar-refractivity contribution in [3.63, 3.8) is 0 Å². The van der Waals surface area contributed by atoms with Crippen LogP contribution in [0.25, 0.3) is 5.69 Å². The number of aliphatic hydroxyl groups is 1. The zero-order chi connectivity index (χ0) is 22.1. The third-order valence-electron chi connectivity index (χ3n) is 4.79. The summed E-state index contributed by atoms with van der Waals surface area (Å²) in [5.74, 6) is -2.05. The van der Waals surface area contributed by atoms with E-state index < -0.39 is 28.6 Å². The van der Waals surface area contributed by atoms with Crippen LogP contribution in [0.15, 0.2) is 54.7 Å². The van der Waals surface area contributed by atoms with Gasteiger partial charge in [-0.2, -0.15) is 5.10 Å². The van der Waals surface area contributed by atoms with Gasteiger partial charge in [0.1, 0.15) is 17.2 Å². The molecule has 0 spiro atoms. The Hall–Kier alpha value is -3.06. The van der Waals surface area contributed by atoms with E-state index in [1.807, 2.05) is 51.1 Å². The maximum absolute atomic E-state index is 14.1. The van der Waals surface area contributed by atoms with Gasteiger partial charge in [-0.15, -0.1) is 0 Å². The van der Waals surface area contributed by atoms with Crippen molar-refractivity contribution in [2.75, 3.05) is 6.54 Å². The number of hydrogen-bond acceptors (Lipinski definition) is 3. The van der Waals surface area contributed by atoms with Crippen molar-refractivity contribution in [2.45, 2.75) is 38.7 Å². The van der Waals surface area contributed by atoms with Crippen LogP contribution in [0.3, 0.4) is 0 Å². The van der Waals surface area contributed by atoms with Gasteiger partial charge >= 0.3 is 0 Å². The van der Waals surface area contributed by atoms with E-state index in [0.29, 0.717) is 17.3 Å². The molecule has 0 saturated carbocycles. The Morgan fingerprint density at radius 3 is 2.37 bits per heavy atom. The zero-order valence-corrected chi connectivity index (χ0v) is 17.4. The molecule has 5 nitrogen and oxygen atoms in total. The highest BCUT2D eigenvalue weighted by Crippen LogP contribution is 2.27. The van der Waals surface area contributed by atoms with Gasteiger partial charge in [-0.3, -0.25) is 4.79 Å². The number of para-hydroxylation sites is 1. The summed E-state index contributed by atoms with van der Waals surface area (Å²) >= 11 is 0. The minimum absolute atomic E-state index is 0.0970. The predicted molar refractivity (Wildman–Crippen MR) is 111 cm³/mol. The minimum Gasteiger partial charge on any atom is -0.383 e. The van der Waals surface area contributed by atoms with E-state index in [4.69, 9.17) is 0 Å². The molecular weight excluding hydrogens is 388 g/mol. The Morgan fingerprint density at radius 1 is 1.10 bits per heavy atom. The average Bonchev–Trinajstić information content (AvgIpc) is 3.13. The summed E-state index contributed by atoms with van der Waals surface area (Å²) in [6.07, 6.45) is 1.64. The number of amides is 1. The lowest BCUT2D eigenvalue weighted by atomic mass is 9.89. The molecule has 0 saturated heterocycles. The van der Waals surface area contributed by atoms with Gasteiger partial charge in [0.05, 0.1) is 23.5 Å². The predicted octanol–water partition coefficient (Wildman–Crippen LogP) is 4.09. The lowest BCUT2D eigenvalue weighted by Crippen LogP contribution is -2.39. The van der Waals surface area contributed by atoms with Gasteiger partial charge < -0.3 is 10.4 Å². The van der Waals surface area contributed by atoms with Gasteiger partial charge in [-0.1, -0.05) is 45.0 Å². The molecule has 0 radical (unpaired) electrons. The molecule has 3 rings (SSSR count). The molecule has 30 heavy (non-hydrogen) atoms. The first-order valence-electron chi connectivity index (χ1n) is 9.61. The summed E-state index contributed by atoms with van der Waals surface area (Å²) in [4.78, 5) is 12.9. The van der Waals surface area contributed by atoms with Crippen molar-refractivity contribution in [2.24, 2.45) is 0 Å². The topological polar surface area (TPSA) is 67.2 Å². The fourth-order valence-electron chi connectivity index (χ4n) is 3.18. The van der Waals surface area contributed by atoms with E-state index in [1.165, 1.54) is 13.0 Å². The quantitative estimate of drug-likeness (QED) is 0.662. The van der Waals surface area contributed by atoms with Gasteiger partial charge in [0.25, 0.3) is 5.91 Å². The summed E-state index contributed by atoms with van der Waals surface area (Å²) in [6, 6.07) is 12.3. The third-order valence-corrected chi connectivity index (χ3v) is 4.79. The van der Waals surface area contributed by atoms with E-state index >= 15 is 0 Å². The second-order valence-corrected chi connectivity index (χ2v) is 8.50. The summed E-state index contributed by atoms with van der Waals surface area (Å²) in [7, 11) is 0. The summed E-state index contributed by atoms with van der Waals surface area (Å²) in [5, 5.41) is 17.9. The smallest absolute Gasteiger partial charge is 0.254 e. The Morgan fingerprint density at radius 2 is 1.77 bits per heavy atom. The fourth-order valence-corrected chi connectivity index (χ4v) is 3.18. The summed E-state index contributed by atoms with van der Waals surface area (Å²) in [5.41, 5.74) is -0.455. The number of benzene rings is 2. The van der Waals surface area contributed by atoms with Gasteiger partial charge in [-0.05, 0) is 25.1 Å². The van der Waals surface area contributed by atoms with Crippen LogP contribution in [0.5, 0.6) is 0 Å². The van der Waals surface area contributed by atoms with E-state index in [1.54, 1.807) is 10.9 Å². The Balaban J connectivity index is 1.86. The monoisotopic (exact) mass is 413 g/mol. The summed E-state index contributed by atoms with van der Waals surface area (Å²) < 4.78 is 28.9. The van der Waals surface area contributed by atoms with Crippen molar-refractivity contribution in [3.05, 3.63) is 83.2 Å². The first-order valence-corrected chi connectivity index (χ1v) is 9.61. The highest BCUT2D eigenvalue weighted by Gasteiger charge is 2.30. The van der Waals surface area contributed by atoms with E-state index in [2.05, 4.69) is 10.4 Å². The molecular formula is C23H25F2N3O2. The van der Waals surface area contributed by atoms with Crippen LogP contribution >= 0.6 is 0 Å². The number of aromatic nitrogens is 2. The normalized spacial score (nSPS) is 13.7. The molecule has 0 bridgehead atoms. The van der Waals surface area contributed by atoms with Crippen molar-refractivity contribution < 1.29 is 18.7 Å². The van der Waals surface area contributed by atoms with Crippen LogP contribution in [0.1, 0.15) is 49.3 Å².